The molecule has 200 valence electrons. The summed E-state index contributed by atoms with van der Waals surface area (Å²) in [5, 5.41) is 18.2. The Morgan fingerprint density at radius 2 is 0.641 bits per heavy atom. The van der Waals surface area contributed by atoms with Crippen LogP contribution in [0.2, 0.25) is 0 Å². The molecule has 39 heavy (non-hydrogen) atoms. The Morgan fingerprint density at radius 1 is 0.436 bits per heavy atom. The van der Waals surface area contributed by atoms with Crippen molar-refractivity contribution in [3.8, 4) is 23.0 Å². The maximum absolute atomic E-state index is 12.1. The highest BCUT2D eigenvalue weighted by molar-refractivity contribution is 8.93. The highest BCUT2D eigenvalue weighted by Crippen LogP contribution is 2.17. The minimum Gasteiger partial charge on any atom is -0.508 e. The van der Waals surface area contributed by atoms with Crippen molar-refractivity contribution in [2.24, 2.45) is 0 Å². The van der Waals surface area contributed by atoms with E-state index in [4.69, 9.17) is 19.7 Å². The molecule has 4 aromatic rings. The molecule has 4 aromatic carbocycles. The minimum absolute atomic E-state index is 0. The van der Waals surface area contributed by atoms with Crippen LogP contribution in [-0.2, 0) is 0 Å². The first-order valence-electron chi connectivity index (χ1n) is 11.3. The van der Waals surface area contributed by atoms with Gasteiger partial charge >= 0.3 is 0 Å². The highest BCUT2D eigenvalue weighted by atomic mass is 79.9. The molecule has 0 bridgehead atoms. The Labute approximate surface area is 235 Å². The van der Waals surface area contributed by atoms with Crippen LogP contribution in [0.5, 0.6) is 23.0 Å². The lowest BCUT2D eigenvalue weighted by Crippen LogP contribution is -2.14. The van der Waals surface area contributed by atoms with Gasteiger partial charge in [0.2, 0.25) is 23.1 Å². The van der Waals surface area contributed by atoms with Crippen molar-refractivity contribution in [1.29, 1.82) is 0 Å². The Kier molecular flexibility index (Phi) is 11.1. The van der Waals surface area contributed by atoms with Gasteiger partial charge < -0.3 is 19.7 Å². The predicted molar refractivity (Wildman–Crippen MR) is 150 cm³/mol. The van der Waals surface area contributed by atoms with Gasteiger partial charge in [-0.3, -0.25) is 19.2 Å². The van der Waals surface area contributed by atoms with Gasteiger partial charge in [-0.05, 0) is 97.1 Å². The van der Waals surface area contributed by atoms with E-state index in [2.05, 4.69) is 0 Å². The third-order valence-electron chi connectivity index (χ3n) is 5.38. The third kappa shape index (κ3) is 8.11. The smallest absolute Gasteiger partial charge is 0.233 e. The molecule has 0 aliphatic rings. The van der Waals surface area contributed by atoms with Crippen molar-refractivity contribution in [2.45, 2.75) is 0 Å². The third-order valence-corrected chi connectivity index (χ3v) is 5.38. The normalized spacial score (nSPS) is 9.69. The number of carbonyl (C=O) groups is 4. The van der Waals surface area contributed by atoms with Gasteiger partial charge in [-0.25, -0.2) is 0 Å². The number of carbonyl (C=O) groups excluding carboxylic acids is 4. The van der Waals surface area contributed by atoms with Crippen molar-refractivity contribution in [3.63, 3.8) is 0 Å². The Morgan fingerprint density at radius 3 is 0.846 bits per heavy atom. The zero-order valence-electron chi connectivity index (χ0n) is 21.0. The molecule has 0 saturated carbocycles. The van der Waals surface area contributed by atoms with Gasteiger partial charge in [0, 0.05) is 22.3 Å². The number of phenols is 2. The molecule has 0 heterocycles. The van der Waals surface area contributed by atoms with E-state index in [0.29, 0.717) is 22.6 Å². The second-order valence-corrected chi connectivity index (χ2v) is 7.87. The van der Waals surface area contributed by atoms with E-state index in [0.717, 1.165) is 0 Å². The zero-order chi connectivity index (χ0) is 27.7. The Hall–Kier alpha value is -4.76. The first-order chi connectivity index (χ1) is 18.2. The molecule has 4 rings (SSSR count). The second-order valence-electron chi connectivity index (χ2n) is 7.87. The largest absolute Gasteiger partial charge is 0.508 e. The summed E-state index contributed by atoms with van der Waals surface area (Å²) in [6.07, 6.45) is 0. The standard InChI is InChI=1S/C16H14O4.C14H10O4.BrH/c1-19-13-7-3-11(4-8-13)15(17)16(18)12-5-9-14(20-2)10-6-12;15-11-5-1-9(2-6-11)13(17)14(18)10-3-7-12(16)8-4-10;/h3-10H,1-2H3;1-8,15-16H;1H. The van der Waals surface area contributed by atoms with Crippen LogP contribution in [0, 0.1) is 0 Å². The first kappa shape index (κ1) is 30.5. The molecule has 0 aliphatic heterocycles. The SMILES string of the molecule is Br.COc1ccc(C(=O)C(=O)c2ccc(OC)cc2)cc1.O=C(C(=O)c1ccc(O)cc1)c1ccc(O)cc1. The summed E-state index contributed by atoms with van der Waals surface area (Å²) in [6.45, 7) is 0. The van der Waals surface area contributed by atoms with E-state index < -0.39 is 23.1 Å². The van der Waals surface area contributed by atoms with E-state index >= 15 is 0 Å². The summed E-state index contributed by atoms with van der Waals surface area (Å²) < 4.78 is 10.0. The molecule has 9 heteroatoms. The van der Waals surface area contributed by atoms with Crippen LogP contribution in [0.1, 0.15) is 41.4 Å². The fraction of sp³-hybridized carbons (Fsp3) is 0.0667. The van der Waals surface area contributed by atoms with E-state index in [-0.39, 0.29) is 39.6 Å². The molecule has 0 atom stereocenters. The molecule has 2 N–H and O–H groups in total. The number of ketones is 4. The van der Waals surface area contributed by atoms with E-state index in [1.807, 2.05) is 0 Å². The first-order valence-corrected chi connectivity index (χ1v) is 11.3. The highest BCUT2D eigenvalue weighted by Gasteiger charge is 2.19. The molecular weight excluding hydrogens is 568 g/mol. The van der Waals surface area contributed by atoms with Crippen molar-refractivity contribution in [3.05, 3.63) is 119 Å². The number of aromatic hydroxyl groups is 2. The maximum atomic E-state index is 12.1. The lowest BCUT2D eigenvalue weighted by molar-refractivity contribution is 0.0817. The van der Waals surface area contributed by atoms with E-state index in [1.54, 1.807) is 62.8 Å². The summed E-state index contributed by atoms with van der Waals surface area (Å²) in [7, 11) is 3.08. The number of hydrogen-bond donors (Lipinski definition) is 2. The number of phenolic OH excluding ortho intramolecular Hbond substituents is 2. The average Bonchev–Trinajstić information content (AvgIpc) is 2.97. The quantitative estimate of drug-likeness (QED) is 0.202. The average molecular weight is 593 g/mol. The summed E-state index contributed by atoms with van der Waals surface area (Å²) in [6, 6.07) is 23.8. The number of Topliss-reactive ketones (excluding diaryl/α,β-unsaturated/α-hetero) is 4. The molecule has 0 aliphatic carbocycles. The van der Waals surface area contributed by atoms with Crippen molar-refractivity contribution in [1.82, 2.24) is 0 Å². The topological polar surface area (TPSA) is 127 Å². The zero-order valence-corrected chi connectivity index (χ0v) is 22.7. The number of halogens is 1. The molecule has 0 aromatic heterocycles. The van der Waals surface area contributed by atoms with Crippen LogP contribution >= 0.6 is 17.0 Å². The van der Waals surface area contributed by atoms with Crippen molar-refractivity contribution >= 4 is 40.1 Å². The minimum atomic E-state index is -0.652. The van der Waals surface area contributed by atoms with Crippen molar-refractivity contribution < 1.29 is 38.9 Å². The summed E-state index contributed by atoms with van der Waals surface area (Å²) in [4.78, 5) is 47.9. The molecule has 0 radical (unpaired) electrons. The van der Waals surface area contributed by atoms with Crippen LogP contribution in [0.4, 0.5) is 0 Å². The summed E-state index contributed by atoms with van der Waals surface area (Å²) in [5.74, 6) is -1.05. The number of ether oxygens (including phenoxy) is 2. The van der Waals surface area contributed by atoms with E-state index in [1.165, 1.54) is 48.5 Å². The summed E-state index contributed by atoms with van der Waals surface area (Å²) in [5.41, 5.74) is 1.11. The predicted octanol–water partition coefficient (Wildman–Crippen LogP) is 5.51. The molecule has 8 nitrogen and oxygen atoms in total. The monoisotopic (exact) mass is 592 g/mol. The number of hydrogen-bond acceptors (Lipinski definition) is 8. The van der Waals surface area contributed by atoms with Crippen LogP contribution in [0.15, 0.2) is 97.1 Å². The van der Waals surface area contributed by atoms with Crippen molar-refractivity contribution in [2.75, 3.05) is 14.2 Å². The molecule has 0 unspecified atom stereocenters. The number of rotatable bonds is 8. The Balaban J connectivity index is 0.000000268. The van der Waals surface area contributed by atoms with E-state index in [9.17, 15) is 19.2 Å². The second kappa shape index (κ2) is 14.3. The van der Waals surface area contributed by atoms with Crippen LogP contribution in [0.3, 0.4) is 0 Å². The number of methoxy groups -OCH3 is 2. The van der Waals surface area contributed by atoms with Crippen LogP contribution < -0.4 is 9.47 Å². The summed E-state index contributed by atoms with van der Waals surface area (Å²) >= 11 is 0. The maximum Gasteiger partial charge on any atom is 0.233 e. The molecular formula is C30H25BrO8. The van der Waals surface area contributed by atoms with Gasteiger partial charge in [-0.1, -0.05) is 0 Å². The molecule has 0 amide bonds. The number of benzene rings is 4. The van der Waals surface area contributed by atoms with Gasteiger partial charge in [-0.2, -0.15) is 0 Å². The lowest BCUT2D eigenvalue weighted by Gasteiger charge is -2.04. The van der Waals surface area contributed by atoms with Gasteiger partial charge in [0.1, 0.15) is 23.0 Å². The Bertz CT molecular complexity index is 1310. The molecule has 0 saturated heterocycles. The lowest BCUT2D eigenvalue weighted by atomic mass is 10.0. The fourth-order valence-electron chi connectivity index (χ4n) is 3.23. The van der Waals surface area contributed by atoms with Crippen LogP contribution in [0.25, 0.3) is 0 Å². The van der Waals surface area contributed by atoms with Gasteiger partial charge in [0.15, 0.2) is 0 Å². The molecule has 0 spiro atoms. The van der Waals surface area contributed by atoms with Crippen LogP contribution in [-0.4, -0.2) is 47.6 Å². The van der Waals surface area contributed by atoms with Gasteiger partial charge in [0.05, 0.1) is 14.2 Å². The molecule has 0 fully saturated rings. The van der Waals surface area contributed by atoms with Gasteiger partial charge in [-0.15, -0.1) is 17.0 Å². The fourth-order valence-corrected chi connectivity index (χ4v) is 3.23. The van der Waals surface area contributed by atoms with Gasteiger partial charge in [0.25, 0.3) is 0 Å².